The summed E-state index contributed by atoms with van der Waals surface area (Å²) >= 11 is 0. The molecule has 0 heterocycles. The van der Waals surface area contributed by atoms with Crippen molar-refractivity contribution in [3.63, 3.8) is 0 Å². The van der Waals surface area contributed by atoms with Crippen LogP contribution in [0, 0.1) is 13.8 Å². The molecule has 0 spiro atoms. The number of methoxy groups -OCH3 is 1. The van der Waals surface area contributed by atoms with Gasteiger partial charge in [0.25, 0.3) is 5.91 Å². The summed E-state index contributed by atoms with van der Waals surface area (Å²) in [7, 11) is 1.59. The van der Waals surface area contributed by atoms with Crippen LogP contribution in [-0.2, 0) is 14.3 Å². The van der Waals surface area contributed by atoms with Crippen molar-refractivity contribution >= 4 is 23.6 Å². The molecule has 5 heteroatoms. The van der Waals surface area contributed by atoms with Gasteiger partial charge in [-0.25, -0.2) is 4.79 Å². The number of benzene rings is 2. The third-order valence-corrected chi connectivity index (χ3v) is 3.53. The quantitative estimate of drug-likeness (QED) is 0.646. The third kappa shape index (κ3) is 5.80. The van der Waals surface area contributed by atoms with Gasteiger partial charge in [0.15, 0.2) is 6.61 Å². The number of aryl methyl sites for hydroxylation is 2. The normalized spacial score (nSPS) is 10.5. The van der Waals surface area contributed by atoms with Gasteiger partial charge in [0.1, 0.15) is 5.75 Å². The number of amides is 1. The second kappa shape index (κ2) is 8.68. The number of carbonyl (C=O) groups is 2. The van der Waals surface area contributed by atoms with Gasteiger partial charge in [0, 0.05) is 11.8 Å². The predicted molar refractivity (Wildman–Crippen MR) is 97.5 cm³/mol. The van der Waals surface area contributed by atoms with E-state index in [9.17, 15) is 9.59 Å². The highest BCUT2D eigenvalue weighted by atomic mass is 16.5. The van der Waals surface area contributed by atoms with Crippen molar-refractivity contribution in [2.75, 3.05) is 19.0 Å². The average Bonchev–Trinajstić information content (AvgIpc) is 2.61. The molecule has 0 aliphatic rings. The average molecular weight is 339 g/mol. The molecule has 0 unspecified atom stereocenters. The molecule has 2 aromatic carbocycles. The molecule has 2 aromatic rings. The molecule has 2 rings (SSSR count). The molecule has 0 fully saturated rings. The van der Waals surface area contributed by atoms with Gasteiger partial charge in [-0.3, -0.25) is 4.79 Å². The number of nitrogens with one attached hydrogen (secondary N) is 1. The standard InChI is InChI=1S/C20H21NO4/c1-14-4-10-18(15(2)12-14)21-19(22)13-25-20(23)11-7-16-5-8-17(24-3)9-6-16/h4-12H,13H2,1-3H3,(H,21,22)/b11-7+. The molecular weight excluding hydrogens is 318 g/mol. The van der Waals surface area contributed by atoms with Crippen molar-refractivity contribution in [1.29, 1.82) is 0 Å². The first-order valence-corrected chi connectivity index (χ1v) is 7.84. The van der Waals surface area contributed by atoms with Crippen LogP contribution in [0.5, 0.6) is 5.75 Å². The van der Waals surface area contributed by atoms with E-state index in [0.717, 1.165) is 22.4 Å². The zero-order valence-corrected chi connectivity index (χ0v) is 14.5. The van der Waals surface area contributed by atoms with Gasteiger partial charge in [0.05, 0.1) is 7.11 Å². The maximum atomic E-state index is 11.9. The van der Waals surface area contributed by atoms with E-state index in [2.05, 4.69) is 5.32 Å². The first-order valence-electron chi connectivity index (χ1n) is 7.84. The van der Waals surface area contributed by atoms with E-state index in [1.165, 1.54) is 6.08 Å². The summed E-state index contributed by atoms with van der Waals surface area (Å²) in [6.07, 6.45) is 2.90. The Balaban J connectivity index is 1.82. The summed E-state index contributed by atoms with van der Waals surface area (Å²) in [5, 5.41) is 2.73. The zero-order valence-electron chi connectivity index (χ0n) is 14.5. The maximum absolute atomic E-state index is 11.9. The van der Waals surface area contributed by atoms with Crippen LogP contribution in [0.3, 0.4) is 0 Å². The molecule has 1 N–H and O–H groups in total. The van der Waals surface area contributed by atoms with Crippen molar-refractivity contribution < 1.29 is 19.1 Å². The van der Waals surface area contributed by atoms with Crippen LogP contribution in [0.2, 0.25) is 0 Å². The number of carbonyl (C=O) groups excluding carboxylic acids is 2. The second-order valence-corrected chi connectivity index (χ2v) is 5.58. The summed E-state index contributed by atoms with van der Waals surface area (Å²) in [5.74, 6) is -0.215. The Bertz CT molecular complexity index is 779. The number of ether oxygens (including phenoxy) is 2. The highest BCUT2D eigenvalue weighted by Gasteiger charge is 2.07. The van der Waals surface area contributed by atoms with E-state index in [0.29, 0.717) is 5.69 Å². The SMILES string of the molecule is COc1ccc(/C=C/C(=O)OCC(=O)Nc2ccc(C)cc2C)cc1. The molecule has 130 valence electrons. The number of anilines is 1. The molecule has 25 heavy (non-hydrogen) atoms. The fourth-order valence-corrected chi connectivity index (χ4v) is 2.20. The number of rotatable bonds is 6. The summed E-state index contributed by atoms with van der Waals surface area (Å²) in [6, 6.07) is 12.9. The number of hydrogen-bond acceptors (Lipinski definition) is 4. The first-order chi connectivity index (χ1) is 12.0. The molecular formula is C20H21NO4. The van der Waals surface area contributed by atoms with Gasteiger partial charge < -0.3 is 14.8 Å². The van der Waals surface area contributed by atoms with Crippen LogP contribution in [0.15, 0.2) is 48.5 Å². The van der Waals surface area contributed by atoms with Crippen molar-refractivity contribution in [1.82, 2.24) is 0 Å². The summed E-state index contributed by atoms with van der Waals surface area (Å²) in [4.78, 5) is 23.6. The second-order valence-electron chi connectivity index (χ2n) is 5.58. The van der Waals surface area contributed by atoms with Crippen molar-refractivity contribution in [3.8, 4) is 5.75 Å². The molecule has 0 saturated heterocycles. The fraction of sp³-hybridized carbons (Fsp3) is 0.200. The van der Waals surface area contributed by atoms with Gasteiger partial charge in [-0.05, 0) is 49.2 Å². The van der Waals surface area contributed by atoms with E-state index in [1.807, 2.05) is 44.2 Å². The Morgan fingerprint density at radius 2 is 1.80 bits per heavy atom. The Morgan fingerprint density at radius 1 is 1.08 bits per heavy atom. The molecule has 5 nitrogen and oxygen atoms in total. The Morgan fingerprint density at radius 3 is 2.44 bits per heavy atom. The Labute approximate surface area is 147 Å². The Hall–Kier alpha value is -3.08. The Kier molecular flexibility index (Phi) is 6.34. The first kappa shape index (κ1) is 18.3. The fourth-order valence-electron chi connectivity index (χ4n) is 2.20. The van der Waals surface area contributed by atoms with Crippen LogP contribution in [0.25, 0.3) is 6.08 Å². The zero-order chi connectivity index (χ0) is 18.2. The van der Waals surface area contributed by atoms with Crippen molar-refractivity contribution in [2.24, 2.45) is 0 Å². The topological polar surface area (TPSA) is 64.6 Å². The summed E-state index contributed by atoms with van der Waals surface area (Å²) in [6.45, 7) is 3.56. The van der Waals surface area contributed by atoms with E-state index < -0.39 is 5.97 Å². The minimum absolute atomic E-state index is 0.334. The van der Waals surface area contributed by atoms with Crippen LogP contribution < -0.4 is 10.1 Å². The van der Waals surface area contributed by atoms with Crippen LogP contribution in [-0.4, -0.2) is 25.6 Å². The molecule has 0 atom stereocenters. The van der Waals surface area contributed by atoms with Gasteiger partial charge >= 0.3 is 5.97 Å². The van der Waals surface area contributed by atoms with Gasteiger partial charge in [0.2, 0.25) is 0 Å². The van der Waals surface area contributed by atoms with E-state index >= 15 is 0 Å². The largest absolute Gasteiger partial charge is 0.497 e. The lowest BCUT2D eigenvalue weighted by molar-refractivity contribution is -0.142. The number of hydrogen-bond donors (Lipinski definition) is 1. The third-order valence-electron chi connectivity index (χ3n) is 3.53. The molecule has 1 amide bonds. The highest BCUT2D eigenvalue weighted by Crippen LogP contribution is 2.16. The van der Waals surface area contributed by atoms with E-state index in [1.54, 1.807) is 25.3 Å². The van der Waals surface area contributed by atoms with Gasteiger partial charge in [-0.2, -0.15) is 0 Å². The molecule has 0 bridgehead atoms. The lowest BCUT2D eigenvalue weighted by Gasteiger charge is -2.09. The number of esters is 1. The van der Waals surface area contributed by atoms with Crippen LogP contribution in [0.1, 0.15) is 16.7 Å². The van der Waals surface area contributed by atoms with E-state index in [-0.39, 0.29) is 12.5 Å². The van der Waals surface area contributed by atoms with Crippen LogP contribution >= 0.6 is 0 Å². The molecule has 0 aromatic heterocycles. The summed E-state index contributed by atoms with van der Waals surface area (Å²) in [5.41, 5.74) is 3.61. The molecule has 0 aliphatic carbocycles. The van der Waals surface area contributed by atoms with Crippen molar-refractivity contribution in [3.05, 3.63) is 65.2 Å². The van der Waals surface area contributed by atoms with Crippen LogP contribution in [0.4, 0.5) is 5.69 Å². The van der Waals surface area contributed by atoms with Gasteiger partial charge in [-0.15, -0.1) is 0 Å². The van der Waals surface area contributed by atoms with Crippen molar-refractivity contribution in [2.45, 2.75) is 13.8 Å². The predicted octanol–water partition coefficient (Wildman–Crippen LogP) is 3.51. The lowest BCUT2D eigenvalue weighted by atomic mass is 10.1. The smallest absolute Gasteiger partial charge is 0.331 e. The minimum atomic E-state index is -0.577. The monoisotopic (exact) mass is 339 g/mol. The summed E-state index contributed by atoms with van der Waals surface area (Å²) < 4.78 is 10.0. The minimum Gasteiger partial charge on any atom is -0.497 e. The van der Waals surface area contributed by atoms with E-state index in [4.69, 9.17) is 9.47 Å². The maximum Gasteiger partial charge on any atom is 0.331 e. The lowest BCUT2D eigenvalue weighted by Crippen LogP contribution is -2.20. The highest BCUT2D eigenvalue weighted by molar-refractivity contribution is 5.95. The van der Waals surface area contributed by atoms with Gasteiger partial charge in [-0.1, -0.05) is 29.8 Å². The molecule has 0 saturated carbocycles. The molecule has 0 aliphatic heterocycles. The molecule has 0 radical (unpaired) electrons.